The Bertz CT molecular complexity index is 710. The Kier molecular flexibility index (Phi) is 6.40. The van der Waals surface area contributed by atoms with Crippen LogP contribution in [0.4, 0.5) is 0 Å². The first kappa shape index (κ1) is 23.3. The fraction of sp³-hybridized carbons (Fsp3) is 0.893. The lowest BCUT2D eigenvalue weighted by molar-refractivity contribution is -0.124. The molecule has 4 fully saturated rings. The molecule has 0 saturated heterocycles. The van der Waals surface area contributed by atoms with Crippen LogP contribution < -0.4 is 5.32 Å². The van der Waals surface area contributed by atoms with Crippen LogP contribution in [0.15, 0.2) is 11.6 Å². The summed E-state index contributed by atoms with van der Waals surface area (Å²) in [5, 5.41) is 3.33. The molecule has 4 aliphatic carbocycles. The lowest BCUT2D eigenvalue weighted by Crippen LogP contribution is -2.56. The fourth-order valence-corrected chi connectivity index (χ4v) is 9.20. The van der Waals surface area contributed by atoms with Crippen molar-refractivity contribution in [2.45, 2.75) is 104 Å². The van der Waals surface area contributed by atoms with Crippen molar-refractivity contribution in [3.8, 4) is 0 Å². The van der Waals surface area contributed by atoms with Crippen molar-refractivity contribution in [3.63, 3.8) is 0 Å². The number of hydrogen-bond acceptors (Lipinski definition) is 2. The van der Waals surface area contributed by atoms with E-state index in [1.165, 1.54) is 57.8 Å². The molecular formula is C28H48N2O. The van der Waals surface area contributed by atoms with E-state index in [4.69, 9.17) is 0 Å². The number of allylic oxidation sites excluding steroid dienone is 1. The van der Waals surface area contributed by atoms with Gasteiger partial charge < -0.3 is 10.2 Å². The van der Waals surface area contributed by atoms with Gasteiger partial charge in [-0.2, -0.15) is 0 Å². The summed E-state index contributed by atoms with van der Waals surface area (Å²) < 4.78 is 0. The zero-order chi connectivity index (χ0) is 22.6. The SMILES string of the molecule is CC(C)=CC(=O)N[C@@H](C)[C@H]1CC[C@H]2[C@@H]3CC[C@H]4C[C@@H](N(C)C)CC[C@]4(C)[C@H]3CC[C@]12C. The van der Waals surface area contributed by atoms with E-state index in [-0.39, 0.29) is 11.9 Å². The molecule has 0 bridgehead atoms. The molecule has 0 aromatic rings. The number of rotatable bonds is 4. The average Bonchev–Trinajstić information content (AvgIpc) is 3.03. The van der Waals surface area contributed by atoms with Crippen molar-refractivity contribution in [2.75, 3.05) is 14.1 Å². The van der Waals surface area contributed by atoms with E-state index in [1.54, 1.807) is 6.08 Å². The Morgan fingerprint density at radius 1 is 0.968 bits per heavy atom. The molecule has 0 heterocycles. The van der Waals surface area contributed by atoms with Crippen LogP contribution in [-0.2, 0) is 4.79 Å². The summed E-state index contributed by atoms with van der Waals surface area (Å²) in [5.41, 5.74) is 2.05. The molecule has 9 atom stereocenters. The molecular weight excluding hydrogens is 380 g/mol. The van der Waals surface area contributed by atoms with Gasteiger partial charge in [0.05, 0.1) is 0 Å². The van der Waals surface area contributed by atoms with Crippen molar-refractivity contribution < 1.29 is 4.79 Å². The Labute approximate surface area is 191 Å². The van der Waals surface area contributed by atoms with Crippen LogP contribution in [-0.4, -0.2) is 37.0 Å². The van der Waals surface area contributed by atoms with E-state index < -0.39 is 0 Å². The molecule has 1 N–H and O–H groups in total. The molecule has 176 valence electrons. The first-order valence-corrected chi connectivity index (χ1v) is 13.2. The van der Waals surface area contributed by atoms with Gasteiger partial charge >= 0.3 is 0 Å². The van der Waals surface area contributed by atoms with Crippen LogP contribution in [0.1, 0.15) is 92.4 Å². The minimum atomic E-state index is 0.0962. The molecule has 0 unspecified atom stereocenters. The van der Waals surface area contributed by atoms with Crippen LogP contribution in [0.2, 0.25) is 0 Å². The largest absolute Gasteiger partial charge is 0.350 e. The van der Waals surface area contributed by atoms with Crippen molar-refractivity contribution in [3.05, 3.63) is 11.6 Å². The smallest absolute Gasteiger partial charge is 0.244 e. The van der Waals surface area contributed by atoms with Gasteiger partial charge in [0, 0.05) is 18.2 Å². The molecule has 0 aliphatic heterocycles. The average molecular weight is 429 g/mol. The molecule has 4 saturated carbocycles. The predicted octanol–water partition coefficient (Wildman–Crippen LogP) is 6.05. The first-order chi connectivity index (χ1) is 14.6. The minimum Gasteiger partial charge on any atom is -0.350 e. The van der Waals surface area contributed by atoms with Gasteiger partial charge in [-0.1, -0.05) is 19.4 Å². The summed E-state index contributed by atoms with van der Waals surface area (Å²) in [7, 11) is 4.56. The van der Waals surface area contributed by atoms with Gasteiger partial charge in [-0.15, -0.1) is 0 Å². The Balaban J connectivity index is 1.48. The fourth-order valence-electron chi connectivity index (χ4n) is 9.20. The van der Waals surface area contributed by atoms with Gasteiger partial charge in [-0.3, -0.25) is 4.79 Å². The monoisotopic (exact) mass is 428 g/mol. The second-order valence-electron chi connectivity index (χ2n) is 12.8. The minimum absolute atomic E-state index is 0.0962. The number of nitrogens with one attached hydrogen (secondary N) is 1. The third-order valence-corrected chi connectivity index (χ3v) is 10.8. The highest BCUT2D eigenvalue weighted by atomic mass is 16.1. The highest BCUT2D eigenvalue weighted by Crippen LogP contribution is 2.67. The lowest BCUT2D eigenvalue weighted by atomic mass is 9.44. The number of carbonyl (C=O) groups excluding carboxylic acids is 1. The molecule has 4 rings (SSSR count). The van der Waals surface area contributed by atoms with Gasteiger partial charge in [-0.25, -0.2) is 0 Å². The highest BCUT2D eigenvalue weighted by molar-refractivity contribution is 5.88. The summed E-state index contributed by atoms with van der Waals surface area (Å²) in [6.45, 7) is 11.5. The zero-order valence-electron chi connectivity index (χ0n) is 21.3. The van der Waals surface area contributed by atoms with Gasteiger partial charge in [0.25, 0.3) is 0 Å². The molecule has 3 heteroatoms. The number of nitrogens with zero attached hydrogens (tertiary/aromatic N) is 1. The summed E-state index contributed by atoms with van der Waals surface area (Å²) in [6, 6.07) is 1.07. The van der Waals surface area contributed by atoms with Gasteiger partial charge in [0.1, 0.15) is 0 Å². The van der Waals surface area contributed by atoms with E-state index in [0.717, 1.165) is 35.3 Å². The Morgan fingerprint density at radius 3 is 2.32 bits per heavy atom. The maximum atomic E-state index is 12.4. The maximum absolute atomic E-state index is 12.4. The normalized spacial score (nSPS) is 45.3. The Hall–Kier alpha value is -0.830. The third kappa shape index (κ3) is 4.02. The van der Waals surface area contributed by atoms with E-state index in [2.05, 4.69) is 45.1 Å². The summed E-state index contributed by atoms with van der Waals surface area (Å²) in [4.78, 5) is 14.9. The van der Waals surface area contributed by atoms with Gasteiger partial charge in [0.2, 0.25) is 5.91 Å². The quantitative estimate of drug-likeness (QED) is 0.553. The maximum Gasteiger partial charge on any atom is 0.244 e. The summed E-state index contributed by atoms with van der Waals surface area (Å²) >= 11 is 0. The second-order valence-corrected chi connectivity index (χ2v) is 12.8. The lowest BCUT2D eigenvalue weighted by Gasteiger charge is -2.61. The van der Waals surface area contributed by atoms with Crippen molar-refractivity contribution in [1.82, 2.24) is 10.2 Å². The van der Waals surface area contributed by atoms with Crippen LogP contribution >= 0.6 is 0 Å². The number of amides is 1. The Morgan fingerprint density at radius 2 is 1.65 bits per heavy atom. The van der Waals surface area contributed by atoms with Crippen molar-refractivity contribution >= 4 is 5.91 Å². The standard InChI is InChI=1S/C28H48N2O/c1-18(2)16-26(31)29-19(3)23-10-11-24-22-9-8-20-17-21(30(6)7)12-14-27(20,4)25(22)13-15-28(23,24)5/h16,19-25H,8-15,17H2,1-7H3,(H,29,31)/t19-,20-,21-,22-,23+,24-,25-,27-,28+/m0/s1. The van der Waals surface area contributed by atoms with Crippen LogP contribution in [0.3, 0.4) is 0 Å². The molecule has 31 heavy (non-hydrogen) atoms. The molecule has 0 spiro atoms. The number of carbonyl (C=O) groups is 1. The van der Waals surface area contributed by atoms with E-state index in [9.17, 15) is 4.79 Å². The number of hydrogen-bond donors (Lipinski definition) is 1. The molecule has 0 radical (unpaired) electrons. The van der Waals surface area contributed by atoms with Crippen molar-refractivity contribution in [1.29, 1.82) is 0 Å². The first-order valence-electron chi connectivity index (χ1n) is 13.2. The van der Waals surface area contributed by atoms with E-state index in [0.29, 0.717) is 16.7 Å². The zero-order valence-corrected chi connectivity index (χ0v) is 21.3. The predicted molar refractivity (Wildman–Crippen MR) is 130 cm³/mol. The van der Waals surface area contributed by atoms with Gasteiger partial charge in [0.15, 0.2) is 0 Å². The topological polar surface area (TPSA) is 32.3 Å². The number of fused-ring (bicyclic) bond motifs is 5. The molecule has 3 nitrogen and oxygen atoms in total. The van der Waals surface area contributed by atoms with E-state index in [1.807, 2.05) is 13.8 Å². The molecule has 0 aromatic carbocycles. The summed E-state index contributed by atoms with van der Waals surface area (Å²) in [6.07, 6.45) is 14.4. The van der Waals surface area contributed by atoms with Crippen LogP contribution in [0.5, 0.6) is 0 Å². The molecule has 1 amide bonds. The highest BCUT2D eigenvalue weighted by Gasteiger charge is 2.60. The van der Waals surface area contributed by atoms with E-state index >= 15 is 0 Å². The molecule has 4 aliphatic rings. The second kappa shape index (κ2) is 8.50. The van der Waals surface area contributed by atoms with Crippen LogP contribution in [0.25, 0.3) is 0 Å². The summed E-state index contributed by atoms with van der Waals surface area (Å²) in [5.74, 6) is 4.37. The van der Waals surface area contributed by atoms with Crippen molar-refractivity contribution in [2.24, 2.45) is 40.4 Å². The third-order valence-electron chi connectivity index (χ3n) is 10.8. The molecule has 0 aromatic heterocycles. The van der Waals surface area contributed by atoms with Gasteiger partial charge in [-0.05, 0) is 133 Å². The van der Waals surface area contributed by atoms with Crippen LogP contribution in [0, 0.1) is 40.4 Å².